The summed E-state index contributed by atoms with van der Waals surface area (Å²) in [7, 11) is 0. The highest BCUT2D eigenvalue weighted by Gasteiger charge is 2.47. The second-order valence-corrected chi connectivity index (χ2v) is 16.0. The summed E-state index contributed by atoms with van der Waals surface area (Å²) in [6, 6.07) is -1.06. The Morgan fingerprint density at radius 1 is 0.945 bits per heavy atom. The number of nitrogens with two attached hydrogens (primary N) is 1. The number of nitrogens with one attached hydrogen (secondary N) is 1. The van der Waals surface area contributed by atoms with Crippen LogP contribution in [0.25, 0.3) is 0 Å². The minimum absolute atomic E-state index is 0.00969. The Labute approximate surface area is 328 Å². The molecule has 0 bridgehead atoms. The Hall–Kier alpha value is -3.23. The van der Waals surface area contributed by atoms with E-state index in [9.17, 15) is 25.2 Å². The van der Waals surface area contributed by atoms with Crippen molar-refractivity contribution in [1.29, 1.82) is 0 Å². The third-order valence-corrected chi connectivity index (χ3v) is 9.67. The topological polar surface area (TPSA) is 173 Å². The summed E-state index contributed by atoms with van der Waals surface area (Å²) in [5.41, 5.74) is 7.15. The molecule has 0 aliphatic carbocycles. The van der Waals surface area contributed by atoms with Gasteiger partial charge in [-0.15, -0.1) is 0 Å². The van der Waals surface area contributed by atoms with Gasteiger partial charge in [0.25, 0.3) is 0 Å². The van der Waals surface area contributed by atoms with Gasteiger partial charge in [-0.2, -0.15) is 0 Å². The highest BCUT2D eigenvalue weighted by Crippen LogP contribution is 2.32. The van der Waals surface area contributed by atoms with Crippen LogP contribution in [0.2, 0.25) is 0 Å². The zero-order chi connectivity index (χ0) is 40.9. The maximum atomic E-state index is 13.2. The van der Waals surface area contributed by atoms with E-state index >= 15 is 0 Å². The average Bonchev–Trinajstić information content (AvgIpc) is 3.09. The number of ether oxygens (including phenoxy) is 4. The predicted molar refractivity (Wildman–Crippen MR) is 216 cm³/mol. The number of hydrogen-bond acceptors (Lipinski definition) is 10. The summed E-state index contributed by atoms with van der Waals surface area (Å²) < 4.78 is 23.9. The third kappa shape index (κ3) is 15.0. The average molecular weight is 767 g/mol. The van der Waals surface area contributed by atoms with Crippen molar-refractivity contribution in [3.05, 3.63) is 107 Å². The van der Waals surface area contributed by atoms with Crippen molar-refractivity contribution in [1.82, 2.24) is 5.32 Å². The molecule has 7 unspecified atom stereocenters. The van der Waals surface area contributed by atoms with Gasteiger partial charge >= 0.3 is 0 Å². The molecule has 306 valence electrons. The minimum Gasteiger partial charge on any atom is -0.388 e. The predicted octanol–water partition coefficient (Wildman–Crippen LogP) is 5.16. The number of aliphatic hydroxyl groups excluding tert-OH is 2. The lowest BCUT2D eigenvalue weighted by molar-refractivity contribution is -0.316. The first-order chi connectivity index (χ1) is 25.8. The first kappa shape index (κ1) is 46.2. The summed E-state index contributed by atoms with van der Waals surface area (Å²) in [6.45, 7) is 17.4. The van der Waals surface area contributed by atoms with Gasteiger partial charge in [-0.3, -0.25) is 4.79 Å². The zero-order valence-electron chi connectivity index (χ0n) is 34.1. The van der Waals surface area contributed by atoms with Gasteiger partial charge in [-0.05, 0) is 59.8 Å². The molecular weight excluding hydrogens is 700 g/mol. The van der Waals surface area contributed by atoms with Crippen molar-refractivity contribution in [3.63, 3.8) is 0 Å². The largest absolute Gasteiger partial charge is 0.388 e. The molecule has 0 aromatic heterocycles. The smallest absolute Gasteiger partial charge is 0.247 e. The van der Waals surface area contributed by atoms with Crippen LogP contribution in [0.3, 0.4) is 0 Å². The van der Waals surface area contributed by atoms with E-state index in [0.717, 1.165) is 22.3 Å². The Morgan fingerprint density at radius 2 is 1.64 bits per heavy atom. The van der Waals surface area contributed by atoms with Crippen LogP contribution in [0.1, 0.15) is 75.2 Å². The molecule has 2 fully saturated rings. The molecule has 2 saturated heterocycles. The molecule has 55 heavy (non-hydrogen) atoms. The molecule has 0 spiro atoms. The normalized spacial score (nSPS) is 43.1. The van der Waals surface area contributed by atoms with E-state index in [4.69, 9.17) is 24.7 Å². The lowest BCUT2D eigenvalue weighted by Gasteiger charge is -2.45. The second-order valence-electron chi connectivity index (χ2n) is 16.0. The van der Waals surface area contributed by atoms with Gasteiger partial charge in [0.2, 0.25) is 5.91 Å². The fraction of sp³-hybridized carbons (Fsp3) is 0.568. The molecule has 3 heterocycles. The lowest BCUT2D eigenvalue weighted by Crippen LogP contribution is -2.62. The Bertz CT molecular complexity index is 1550. The number of allylic oxidation sites excluding steroid dienone is 14. The summed E-state index contributed by atoms with van der Waals surface area (Å²) in [6.07, 6.45) is 19.9. The maximum Gasteiger partial charge on any atom is 0.247 e. The fourth-order valence-electron chi connectivity index (χ4n) is 6.49. The summed E-state index contributed by atoms with van der Waals surface area (Å²) in [5, 5.41) is 46.8. The molecule has 0 aromatic carbocycles. The summed E-state index contributed by atoms with van der Waals surface area (Å²) in [4.78, 5) is 13.2. The second kappa shape index (κ2) is 21.3. The number of hydrogen-bond donors (Lipinski definition) is 6. The van der Waals surface area contributed by atoms with E-state index in [-0.39, 0.29) is 24.9 Å². The van der Waals surface area contributed by atoms with Gasteiger partial charge in [0.05, 0.1) is 24.4 Å². The molecule has 11 heteroatoms. The molecule has 3 aliphatic heterocycles. The highest BCUT2D eigenvalue weighted by atomic mass is 16.7. The fourth-order valence-corrected chi connectivity index (χ4v) is 6.49. The van der Waals surface area contributed by atoms with Gasteiger partial charge in [0, 0.05) is 18.5 Å². The van der Waals surface area contributed by atoms with Crippen LogP contribution in [-0.2, 0) is 23.7 Å². The molecule has 11 atom stereocenters. The van der Waals surface area contributed by atoms with E-state index in [0.29, 0.717) is 18.9 Å². The maximum absolute atomic E-state index is 13.2. The van der Waals surface area contributed by atoms with E-state index in [2.05, 4.69) is 32.2 Å². The summed E-state index contributed by atoms with van der Waals surface area (Å²) >= 11 is 0. The van der Waals surface area contributed by atoms with Crippen LogP contribution >= 0.6 is 0 Å². The van der Waals surface area contributed by atoms with Crippen LogP contribution in [0.5, 0.6) is 0 Å². The molecular formula is C44H66N2O9. The Kier molecular flexibility index (Phi) is 17.9. The highest BCUT2D eigenvalue weighted by molar-refractivity contribution is 5.93. The van der Waals surface area contributed by atoms with Crippen LogP contribution in [-0.4, -0.2) is 99.8 Å². The Morgan fingerprint density at radius 3 is 2.33 bits per heavy atom. The van der Waals surface area contributed by atoms with Gasteiger partial charge in [-0.25, -0.2) is 0 Å². The van der Waals surface area contributed by atoms with Crippen LogP contribution in [0.4, 0.5) is 0 Å². The van der Waals surface area contributed by atoms with E-state index < -0.39 is 60.3 Å². The summed E-state index contributed by atoms with van der Waals surface area (Å²) in [5.74, 6) is 0.377. The number of amides is 1. The van der Waals surface area contributed by atoms with Crippen molar-refractivity contribution in [2.45, 2.75) is 135 Å². The van der Waals surface area contributed by atoms with Crippen molar-refractivity contribution >= 4 is 5.91 Å². The minimum atomic E-state index is -1.54. The molecule has 3 rings (SSSR count). The lowest BCUT2D eigenvalue weighted by atomic mass is 9.89. The van der Waals surface area contributed by atoms with Crippen LogP contribution < -0.4 is 11.1 Å². The monoisotopic (exact) mass is 766 g/mol. The molecule has 0 saturated carbocycles. The van der Waals surface area contributed by atoms with Crippen molar-refractivity contribution in [3.8, 4) is 0 Å². The van der Waals surface area contributed by atoms with Crippen LogP contribution in [0, 0.1) is 11.8 Å². The van der Waals surface area contributed by atoms with Crippen molar-refractivity contribution < 1.29 is 44.2 Å². The van der Waals surface area contributed by atoms with Crippen molar-refractivity contribution in [2.24, 2.45) is 17.6 Å². The number of rotatable bonds is 6. The SMILES string of the molecule is CC1=C/C=C/C=C/[C@@](C)(O)C(OC2OCC(OC3C[C@@](C)(O)C(O)C(C)O3)[C@H](O)C2N)\C=C/C=C\C(C)=C/C=C/C(C)=C\[C@H](C)CNC(=O)/C(CC(C)C)=C\1. The van der Waals surface area contributed by atoms with Crippen molar-refractivity contribution in [2.75, 3.05) is 13.2 Å². The third-order valence-electron chi connectivity index (χ3n) is 9.67. The molecule has 11 nitrogen and oxygen atoms in total. The van der Waals surface area contributed by atoms with Gasteiger partial charge < -0.3 is 50.4 Å². The molecule has 0 aromatic rings. The zero-order valence-corrected chi connectivity index (χ0v) is 34.1. The standard InChI is InChI=1S/C44H66N2O9/c1-28(2)22-34-24-31(5)17-11-10-14-21-43(8,50)36(20-13-12-16-29(3)18-15-19-30(4)23-32(6)26-46-41(34)49)55-42-38(45)39(47)35(27-52-42)54-37-25-44(9,51)40(48)33(7)53-37/h10-21,23-24,28,32-33,35-40,42,47-48,50-51H,22,25-27,45H2,1-9H3,(H,46,49)/b11-10+,16-12-,19-15+,20-13-,21-14+,29-18-,30-23-,31-17-,34-24-/t32-,33?,35?,36?,37?,38?,39-,40?,42?,43+,44+/m0/s1. The van der Waals surface area contributed by atoms with Gasteiger partial charge in [0.1, 0.15) is 30.0 Å². The molecule has 0 radical (unpaired) electrons. The van der Waals surface area contributed by atoms with Gasteiger partial charge in [-0.1, -0.05) is 123 Å². The first-order valence-corrected chi connectivity index (χ1v) is 19.3. The number of carbonyl (C=O) groups excluding carboxylic acids is 1. The van der Waals surface area contributed by atoms with E-state index in [1.165, 1.54) is 6.92 Å². The van der Waals surface area contributed by atoms with E-state index in [1.807, 2.05) is 69.4 Å². The molecule has 1 amide bonds. The molecule has 3 aliphatic rings. The quantitative estimate of drug-likeness (QED) is 0.212. The van der Waals surface area contributed by atoms with Crippen LogP contribution in [0.15, 0.2) is 107 Å². The molecule has 7 N–H and O–H groups in total. The first-order valence-electron chi connectivity index (χ1n) is 19.3. The number of carbonyl (C=O) groups is 1. The Balaban J connectivity index is 1.87. The van der Waals surface area contributed by atoms with Gasteiger partial charge in [0.15, 0.2) is 12.6 Å². The van der Waals surface area contributed by atoms with E-state index in [1.54, 1.807) is 44.2 Å². The number of aliphatic hydroxyl groups is 4.